The second-order valence-corrected chi connectivity index (χ2v) is 12.1. The molecule has 4 bridgehead atoms. The maximum absolute atomic E-state index is 6.08. The van der Waals surface area contributed by atoms with Crippen molar-refractivity contribution in [3.05, 3.63) is 57.6 Å². The molecule has 1 aliphatic carbocycles. The van der Waals surface area contributed by atoms with Gasteiger partial charge in [0.15, 0.2) is 0 Å². The lowest BCUT2D eigenvalue weighted by atomic mass is 9.81. The normalized spacial score (nSPS) is 16.9. The van der Waals surface area contributed by atoms with Gasteiger partial charge in [0.05, 0.1) is 14.2 Å². The lowest BCUT2D eigenvalue weighted by Crippen LogP contribution is -2.14. The van der Waals surface area contributed by atoms with E-state index in [1.165, 1.54) is 44.5 Å². The summed E-state index contributed by atoms with van der Waals surface area (Å²) < 4.78 is 12.2. The molecule has 4 heteroatoms. The Morgan fingerprint density at radius 2 is 1.03 bits per heavy atom. The SMILES string of the molecule is COc1c2cc(C(C)(C)C)cc1/C(CBr)=C(/CBr)c1cc(C(C)(C)C)cc(c1OC)CCC2. The van der Waals surface area contributed by atoms with Crippen LogP contribution in [-0.4, -0.2) is 24.9 Å². The maximum Gasteiger partial charge on any atom is 0.129 e. The number of halogens is 2. The molecule has 0 saturated heterocycles. The highest BCUT2D eigenvalue weighted by Crippen LogP contribution is 2.44. The van der Waals surface area contributed by atoms with Crippen LogP contribution in [0, 0.1) is 0 Å². The third-order valence-electron chi connectivity index (χ3n) is 6.65. The van der Waals surface area contributed by atoms with E-state index in [0.29, 0.717) is 0 Å². The molecule has 0 aliphatic heterocycles. The molecule has 33 heavy (non-hydrogen) atoms. The van der Waals surface area contributed by atoms with Gasteiger partial charge in [0.2, 0.25) is 0 Å². The molecule has 0 radical (unpaired) electrons. The summed E-state index contributed by atoms with van der Waals surface area (Å²) in [5.41, 5.74) is 10.2. The highest BCUT2D eigenvalue weighted by molar-refractivity contribution is 9.09. The Kier molecular flexibility index (Phi) is 8.11. The highest BCUT2D eigenvalue weighted by atomic mass is 79.9. The van der Waals surface area contributed by atoms with Gasteiger partial charge in [0, 0.05) is 21.8 Å². The van der Waals surface area contributed by atoms with E-state index < -0.39 is 0 Å². The molecule has 0 spiro atoms. The Morgan fingerprint density at radius 1 is 0.667 bits per heavy atom. The summed E-state index contributed by atoms with van der Waals surface area (Å²) in [5.74, 6) is 2.00. The fraction of sp³-hybridized carbons (Fsp3) is 0.517. The van der Waals surface area contributed by atoms with Gasteiger partial charge in [0.1, 0.15) is 11.5 Å². The van der Waals surface area contributed by atoms with Gasteiger partial charge in [-0.3, -0.25) is 0 Å². The number of rotatable bonds is 4. The van der Waals surface area contributed by atoms with Crippen molar-refractivity contribution in [1.82, 2.24) is 0 Å². The molecule has 0 heterocycles. The Balaban J connectivity index is 2.49. The highest BCUT2D eigenvalue weighted by Gasteiger charge is 2.27. The summed E-state index contributed by atoms with van der Waals surface area (Å²) in [6, 6.07) is 9.38. The van der Waals surface area contributed by atoms with E-state index in [2.05, 4.69) is 97.7 Å². The van der Waals surface area contributed by atoms with Crippen LogP contribution in [0.1, 0.15) is 81.3 Å². The molecule has 1 aliphatic rings. The van der Waals surface area contributed by atoms with Crippen LogP contribution in [0.3, 0.4) is 0 Å². The van der Waals surface area contributed by atoms with Gasteiger partial charge in [-0.1, -0.05) is 85.5 Å². The zero-order valence-electron chi connectivity index (χ0n) is 21.4. The van der Waals surface area contributed by atoms with Gasteiger partial charge in [-0.15, -0.1) is 0 Å². The molecule has 0 N–H and O–H groups in total. The van der Waals surface area contributed by atoms with Gasteiger partial charge >= 0.3 is 0 Å². The van der Waals surface area contributed by atoms with Crippen LogP contribution in [0.2, 0.25) is 0 Å². The third-order valence-corrected chi connectivity index (χ3v) is 7.77. The van der Waals surface area contributed by atoms with Crippen molar-refractivity contribution < 1.29 is 9.47 Å². The quantitative estimate of drug-likeness (QED) is 0.339. The summed E-state index contributed by atoms with van der Waals surface area (Å²) >= 11 is 7.68. The van der Waals surface area contributed by atoms with Crippen molar-refractivity contribution in [1.29, 1.82) is 0 Å². The minimum atomic E-state index is 0.0522. The van der Waals surface area contributed by atoms with E-state index >= 15 is 0 Å². The van der Waals surface area contributed by atoms with Gasteiger partial charge in [0.25, 0.3) is 0 Å². The number of ether oxygens (including phenoxy) is 2. The molecule has 0 fully saturated rings. The van der Waals surface area contributed by atoms with Crippen LogP contribution in [0.5, 0.6) is 11.5 Å². The number of allylic oxidation sites excluding steroid dienone is 2. The number of fused-ring (bicyclic) bond motifs is 4. The van der Waals surface area contributed by atoms with Crippen LogP contribution >= 0.6 is 31.9 Å². The van der Waals surface area contributed by atoms with Crippen LogP contribution in [0.25, 0.3) is 11.1 Å². The van der Waals surface area contributed by atoms with E-state index in [9.17, 15) is 0 Å². The summed E-state index contributed by atoms with van der Waals surface area (Å²) in [7, 11) is 3.60. The van der Waals surface area contributed by atoms with E-state index in [0.717, 1.165) is 41.4 Å². The Bertz CT molecular complexity index is 969. The first-order chi connectivity index (χ1) is 15.5. The summed E-state index contributed by atoms with van der Waals surface area (Å²) in [6.45, 7) is 13.7. The van der Waals surface area contributed by atoms with Crippen molar-refractivity contribution in [2.24, 2.45) is 0 Å². The molecule has 2 aromatic rings. The molecular formula is C29H38Br2O2. The summed E-state index contributed by atoms with van der Waals surface area (Å²) in [5, 5.41) is 1.46. The van der Waals surface area contributed by atoms with Crippen molar-refractivity contribution in [2.75, 3.05) is 24.9 Å². The van der Waals surface area contributed by atoms with Crippen molar-refractivity contribution in [2.45, 2.75) is 71.6 Å². The van der Waals surface area contributed by atoms with E-state index in [1.54, 1.807) is 14.2 Å². The first-order valence-electron chi connectivity index (χ1n) is 11.7. The van der Waals surface area contributed by atoms with Gasteiger partial charge < -0.3 is 9.47 Å². The van der Waals surface area contributed by atoms with Gasteiger partial charge in [-0.05, 0) is 75.6 Å². The Labute approximate surface area is 217 Å². The first kappa shape index (κ1) is 26.3. The average molecular weight is 578 g/mol. The van der Waals surface area contributed by atoms with Crippen LogP contribution in [0.4, 0.5) is 0 Å². The number of aryl methyl sites for hydroxylation is 2. The number of hydrogen-bond acceptors (Lipinski definition) is 2. The molecule has 0 saturated carbocycles. The molecule has 2 nitrogen and oxygen atoms in total. The smallest absolute Gasteiger partial charge is 0.129 e. The first-order valence-corrected chi connectivity index (χ1v) is 14.0. The molecule has 3 rings (SSSR count). The molecule has 0 unspecified atom stereocenters. The molecule has 0 amide bonds. The Morgan fingerprint density at radius 3 is 1.30 bits per heavy atom. The zero-order valence-corrected chi connectivity index (χ0v) is 24.6. The average Bonchev–Trinajstić information content (AvgIpc) is 2.74. The van der Waals surface area contributed by atoms with Crippen molar-refractivity contribution >= 4 is 43.0 Å². The lowest BCUT2D eigenvalue weighted by molar-refractivity contribution is 0.405. The minimum absolute atomic E-state index is 0.0522. The standard InChI is InChI=1S/C29H38Br2O2/c1-28(2,3)20-12-18-10-9-11-19-13-21(29(4,5)6)15-23(27(19)33-8)25(17-31)24(16-30)22(14-20)26(18)32-7/h12-15H,9-11,16-17H2,1-8H3/b25-24-. The van der Waals surface area contributed by atoms with Gasteiger partial charge in [-0.2, -0.15) is 0 Å². The number of methoxy groups -OCH3 is 2. The summed E-state index contributed by atoms with van der Waals surface area (Å²) in [6.07, 6.45) is 2.98. The van der Waals surface area contributed by atoms with Gasteiger partial charge in [-0.25, -0.2) is 0 Å². The fourth-order valence-electron chi connectivity index (χ4n) is 4.65. The van der Waals surface area contributed by atoms with Crippen LogP contribution in [0.15, 0.2) is 24.3 Å². The van der Waals surface area contributed by atoms with E-state index in [4.69, 9.17) is 9.47 Å². The molecule has 2 aromatic carbocycles. The molecule has 0 atom stereocenters. The summed E-state index contributed by atoms with van der Waals surface area (Å²) in [4.78, 5) is 0. The zero-order chi connectivity index (χ0) is 24.6. The maximum atomic E-state index is 6.08. The minimum Gasteiger partial charge on any atom is -0.496 e. The van der Waals surface area contributed by atoms with Crippen molar-refractivity contribution in [3.63, 3.8) is 0 Å². The fourth-order valence-corrected chi connectivity index (χ4v) is 5.93. The largest absolute Gasteiger partial charge is 0.496 e. The predicted octanol–water partition coefficient (Wildman–Crippen LogP) is 8.49. The number of hydrogen-bond donors (Lipinski definition) is 0. The Hall–Kier alpha value is -1.26. The monoisotopic (exact) mass is 576 g/mol. The van der Waals surface area contributed by atoms with Crippen LogP contribution in [-0.2, 0) is 23.7 Å². The molecule has 0 aromatic heterocycles. The van der Waals surface area contributed by atoms with Crippen LogP contribution < -0.4 is 9.47 Å². The number of alkyl halides is 2. The topological polar surface area (TPSA) is 18.5 Å². The van der Waals surface area contributed by atoms with E-state index in [1.807, 2.05) is 0 Å². The third kappa shape index (κ3) is 5.37. The van der Waals surface area contributed by atoms with Crippen molar-refractivity contribution in [3.8, 4) is 11.5 Å². The molecular weight excluding hydrogens is 540 g/mol. The second kappa shape index (κ2) is 10.2. The molecule has 180 valence electrons. The number of benzene rings is 2. The second-order valence-electron chi connectivity index (χ2n) is 11.0. The predicted molar refractivity (Wildman–Crippen MR) is 150 cm³/mol. The lowest BCUT2D eigenvalue weighted by Gasteiger charge is -2.26. The van der Waals surface area contributed by atoms with E-state index in [-0.39, 0.29) is 10.8 Å².